The summed E-state index contributed by atoms with van der Waals surface area (Å²) in [7, 11) is 0. The van der Waals surface area contributed by atoms with Crippen molar-refractivity contribution < 1.29 is 0 Å². The minimum Gasteiger partial charge on any atom is -0.399 e. The Balaban J connectivity index is 1.68. The zero-order chi connectivity index (χ0) is 20.4. The highest BCUT2D eigenvalue weighted by molar-refractivity contribution is 5.91. The number of para-hydroxylation sites is 1. The Labute approximate surface area is 170 Å². The van der Waals surface area contributed by atoms with Gasteiger partial charge >= 0.3 is 0 Å². The first-order valence-corrected chi connectivity index (χ1v) is 9.87. The molecule has 1 fully saturated rings. The van der Waals surface area contributed by atoms with Gasteiger partial charge in [0.05, 0.1) is 17.1 Å². The van der Waals surface area contributed by atoms with Crippen molar-refractivity contribution in [2.45, 2.75) is 32.4 Å². The molecular weight excluding hydrogens is 362 g/mol. The van der Waals surface area contributed by atoms with Gasteiger partial charge in [0.1, 0.15) is 5.82 Å². The largest absolute Gasteiger partial charge is 0.399 e. The van der Waals surface area contributed by atoms with Crippen LogP contribution in [0.1, 0.15) is 25.8 Å². The van der Waals surface area contributed by atoms with Crippen LogP contribution in [0.15, 0.2) is 42.5 Å². The summed E-state index contributed by atoms with van der Waals surface area (Å²) in [6, 6.07) is 16.2. The Morgan fingerprint density at radius 2 is 2.03 bits per heavy atom. The van der Waals surface area contributed by atoms with Gasteiger partial charge in [-0.15, -0.1) is 0 Å². The average Bonchev–Trinajstić information content (AvgIpc) is 3.14. The van der Waals surface area contributed by atoms with Gasteiger partial charge in [-0.3, -0.25) is 0 Å². The zero-order valence-corrected chi connectivity index (χ0v) is 16.7. The molecule has 0 unspecified atom stereocenters. The van der Waals surface area contributed by atoms with Gasteiger partial charge in [0, 0.05) is 41.9 Å². The third-order valence-corrected chi connectivity index (χ3v) is 4.98. The molecule has 0 aliphatic carbocycles. The third-order valence-electron chi connectivity index (χ3n) is 4.98. The fraction of sp³-hybridized carbons (Fsp3) is 0.318. The van der Waals surface area contributed by atoms with Crippen molar-refractivity contribution in [3.05, 3.63) is 48.0 Å². The number of hydrogen-bond acceptors (Lipinski definition) is 7. The van der Waals surface area contributed by atoms with Crippen LogP contribution in [0.25, 0.3) is 10.9 Å². The van der Waals surface area contributed by atoms with Crippen LogP contribution in [0.4, 0.5) is 23.1 Å². The summed E-state index contributed by atoms with van der Waals surface area (Å²) in [5.74, 6) is 1.42. The van der Waals surface area contributed by atoms with Crippen molar-refractivity contribution in [2.24, 2.45) is 0 Å². The van der Waals surface area contributed by atoms with E-state index >= 15 is 0 Å². The van der Waals surface area contributed by atoms with Crippen LogP contribution >= 0.6 is 0 Å². The van der Waals surface area contributed by atoms with Crippen LogP contribution < -0.4 is 21.3 Å². The summed E-state index contributed by atoms with van der Waals surface area (Å²) < 4.78 is 0. The van der Waals surface area contributed by atoms with E-state index in [9.17, 15) is 5.26 Å². The van der Waals surface area contributed by atoms with Crippen molar-refractivity contribution in [3.8, 4) is 6.07 Å². The molecule has 0 saturated carbocycles. The number of nitrogens with two attached hydrogens (primary N) is 1. The van der Waals surface area contributed by atoms with Crippen molar-refractivity contribution in [1.82, 2.24) is 15.3 Å². The van der Waals surface area contributed by atoms with E-state index in [4.69, 9.17) is 10.7 Å². The quantitative estimate of drug-likeness (QED) is 0.577. The molecular formula is C22H25N7. The van der Waals surface area contributed by atoms with Crippen LogP contribution in [0.3, 0.4) is 0 Å². The Bertz CT molecular complexity index is 1070. The van der Waals surface area contributed by atoms with Gasteiger partial charge in [0.15, 0.2) is 0 Å². The van der Waals surface area contributed by atoms with Gasteiger partial charge in [0.25, 0.3) is 0 Å². The maximum atomic E-state index is 9.19. The molecule has 7 heteroatoms. The molecule has 0 spiro atoms. The lowest BCUT2D eigenvalue weighted by atomic mass is 10.2. The first kappa shape index (κ1) is 19.0. The van der Waals surface area contributed by atoms with Crippen molar-refractivity contribution in [1.29, 1.82) is 5.26 Å². The molecule has 0 bridgehead atoms. The van der Waals surface area contributed by atoms with Crippen LogP contribution in [0.5, 0.6) is 0 Å². The number of benzene rings is 2. The fourth-order valence-electron chi connectivity index (χ4n) is 3.83. The molecule has 1 saturated heterocycles. The Morgan fingerprint density at radius 3 is 2.83 bits per heavy atom. The molecule has 4 rings (SSSR count). The number of hydrogen-bond donors (Lipinski definition) is 3. The van der Waals surface area contributed by atoms with E-state index in [1.54, 1.807) is 18.2 Å². The highest BCUT2D eigenvalue weighted by Crippen LogP contribution is 2.29. The summed E-state index contributed by atoms with van der Waals surface area (Å²) >= 11 is 0. The predicted molar refractivity (Wildman–Crippen MR) is 117 cm³/mol. The third kappa shape index (κ3) is 4.23. The number of nitrogens with one attached hydrogen (secondary N) is 2. The van der Waals surface area contributed by atoms with Gasteiger partial charge in [-0.1, -0.05) is 26.0 Å². The molecule has 4 N–H and O–H groups in total. The van der Waals surface area contributed by atoms with Gasteiger partial charge in [-0.05, 0) is 36.8 Å². The predicted octanol–water partition coefficient (Wildman–Crippen LogP) is 3.40. The normalized spacial score (nSPS) is 16.3. The van der Waals surface area contributed by atoms with E-state index in [1.807, 2.05) is 18.2 Å². The van der Waals surface area contributed by atoms with Crippen LogP contribution in [0, 0.1) is 11.3 Å². The smallest absolute Gasteiger partial charge is 0.229 e. The van der Waals surface area contributed by atoms with Gasteiger partial charge in [0.2, 0.25) is 5.95 Å². The average molecular weight is 387 g/mol. The summed E-state index contributed by atoms with van der Waals surface area (Å²) in [4.78, 5) is 11.8. The molecule has 0 radical (unpaired) electrons. The molecule has 1 aliphatic heterocycles. The van der Waals surface area contributed by atoms with E-state index in [0.29, 0.717) is 35.0 Å². The molecule has 148 valence electrons. The standard InChI is InChI=1S/C22H25N7/c1-14(2)25-17-7-8-29(13-17)21-19-5-3-4-6-20(19)27-22(28-21)26-18-10-15(12-23)9-16(24)11-18/h3-6,9-11,14,17,25H,7-8,13,24H2,1-2H3,(H,26,27,28)/t17-/m0/s1. The summed E-state index contributed by atoms with van der Waals surface area (Å²) in [5.41, 5.74) is 8.51. The van der Waals surface area contributed by atoms with E-state index in [2.05, 4.69) is 46.5 Å². The van der Waals surface area contributed by atoms with E-state index in [1.165, 1.54) is 0 Å². The lowest BCUT2D eigenvalue weighted by Gasteiger charge is -2.21. The van der Waals surface area contributed by atoms with Gasteiger partial charge < -0.3 is 21.3 Å². The number of rotatable bonds is 5. The summed E-state index contributed by atoms with van der Waals surface area (Å²) in [6.45, 7) is 6.20. The van der Waals surface area contributed by atoms with Crippen molar-refractivity contribution in [2.75, 3.05) is 29.0 Å². The molecule has 0 amide bonds. The number of anilines is 4. The van der Waals surface area contributed by atoms with Gasteiger partial charge in [-0.25, -0.2) is 4.98 Å². The maximum absolute atomic E-state index is 9.19. The molecule has 2 heterocycles. The summed E-state index contributed by atoms with van der Waals surface area (Å²) in [6.07, 6.45) is 1.08. The van der Waals surface area contributed by atoms with E-state index in [-0.39, 0.29) is 0 Å². The second-order valence-electron chi connectivity index (χ2n) is 7.72. The maximum Gasteiger partial charge on any atom is 0.229 e. The number of nitrogen functional groups attached to an aromatic ring is 1. The first-order chi connectivity index (χ1) is 14.0. The first-order valence-electron chi connectivity index (χ1n) is 9.87. The number of nitriles is 1. The number of aromatic nitrogens is 2. The topological polar surface area (TPSA) is 103 Å². The molecule has 1 atom stereocenters. The van der Waals surface area contributed by atoms with Gasteiger partial charge in [-0.2, -0.15) is 10.2 Å². The molecule has 1 aliphatic rings. The monoisotopic (exact) mass is 387 g/mol. The molecule has 3 aromatic rings. The highest BCUT2D eigenvalue weighted by Gasteiger charge is 2.25. The summed E-state index contributed by atoms with van der Waals surface area (Å²) in [5, 5.41) is 17.1. The molecule has 29 heavy (non-hydrogen) atoms. The zero-order valence-electron chi connectivity index (χ0n) is 16.7. The Morgan fingerprint density at radius 1 is 1.21 bits per heavy atom. The lowest BCUT2D eigenvalue weighted by molar-refractivity contribution is 0.492. The second-order valence-corrected chi connectivity index (χ2v) is 7.72. The highest BCUT2D eigenvalue weighted by atomic mass is 15.3. The van der Waals surface area contributed by atoms with Crippen LogP contribution in [-0.4, -0.2) is 35.1 Å². The molecule has 2 aromatic carbocycles. The second kappa shape index (κ2) is 7.94. The van der Waals surface area contributed by atoms with E-state index in [0.717, 1.165) is 36.2 Å². The molecule has 7 nitrogen and oxygen atoms in total. The lowest BCUT2D eigenvalue weighted by Crippen LogP contribution is -2.37. The minimum absolute atomic E-state index is 0.451. The van der Waals surface area contributed by atoms with Crippen molar-refractivity contribution in [3.63, 3.8) is 0 Å². The van der Waals surface area contributed by atoms with Crippen molar-refractivity contribution >= 4 is 34.0 Å². The minimum atomic E-state index is 0.451. The Kier molecular flexibility index (Phi) is 5.19. The Hall–Kier alpha value is -3.37. The molecule has 1 aromatic heterocycles. The van der Waals surface area contributed by atoms with Crippen LogP contribution in [0.2, 0.25) is 0 Å². The number of nitrogens with zero attached hydrogens (tertiary/aromatic N) is 4. The fourth-order valence-corrected chi connectivity index (χ4v) is 3.83. The van der Waals surface area contributed by atoms with E-state index < -0.39 is 0 Å². The number of fused-ring (bicyclic) bond motifs is 1. The van der Waals surface area contributed by atoms with Crippen LogP contribution in [-0.2, 0) is 0 Å². The SMILES string of the molecule is CC(C)N[C@H]1CCN(c2nc(Nc3cc(N)cc(C#N)c3)nc3ccccc23)C1.